The molecule has 0 N–H and O–H groups in total. The van der Waals surface area contributed by atoms with E-state index < -0.39 is 5.41 Å². The summed E-state index contributed by atoms with van der Waals surface area (Å²) in [5, 5.41) is 0. The van der Waals surface area contributed by atoms with E-state index in [-0.39, 0.29) is 5.97 Å². The van der Waals surface area contributed by atoms with E-state index in [9.17, 15) is 4.79 Å². The van der Waals surface area contributed by atoms with Crippen molar-refractivity contribution < 1.29 is 14.3 Å². The molecule has 23 heavy (non-hydrogen) atoms. The van der Waals surface area contributed by atoms with Crippen LogP contribution >= 0.6 is 0 Å². The molecule has 4 nitrogen and oxygen atoms in total. The Balaban J connectivity index is 1.64. The van der Waals surface area contributed by atoms with Crippen molar-refractivity contribution in [3.63, 3.8) is 0 Å². The summed E-state index contributed by atoms with van der Waals surface area (Å²) < 4.78 is 11.0. The SMILES string of the molecule is O=C(OCCN1CCOCC1)[C@@]1(c2ccccc2)C=CC=CC1. The Labute approximate surface area is 137 Å². The van der Waals surface area contributed by atoms with Crippen LogP contribution < -0.4 is 0 Å². The van der Waals surface area contributed by atoms with Crippen LogP contribution in [0.4, 0.5) is 0 Å². The Bertz CT molecular complexity index is 576. The molecule has 0 amide bonds. The van der Waals surface area contributed by atoms with Gasteiger partial charge in [-0.05, 0) is 12.0 Å². The second-order valence-electron chi connectivity index (χ2n) is 5.92. The fourth-order valence-electron chi connectivity index (χ4n) is 3.06. The van der Waals surface area contributed by atoms with Gasteiger partial charge in [0.1, 0.15) is 12.0 Å². The molecule has 1 saturated heterocycles. The lowest BCUT2D eigenvalue weighted by Crippen LogP contribution is -2.40. The van der Waals surface area contributed by atoms with Gasteiger partial charge in [0.15, 0.2) is 0 Å². The number of carbonyl (C=O) groups excluding carboxylic acids is 1. The zero-order valence-electron chi connectivity index (χ0n) is 13.3. The number of rotatable bonds is 5. The summed E-state index contributed by atoms with van der Waals surface area (Å²) in [7, 11) is 0. The number of hydrogen-bond acceptors (Lipinski definition) is 4. The number of esters is 1. The third-order valence-electron chi connectivity index (χ3n) is 4.47. The van der Waals surface area contributed by atoms with Crippen LogP contribution in [0.3, 0.4) is 0 Å². The van der Waals surface area contributed by atoms with Crippen LogP contribution in [0.2, 0.25) is 0 Å². The van der Waals surface area contributed by atoms with E-state index in [0.717, 1.165) is 38.4 Å². The van der Waals surface area contributed by atoms with E-state index >= 15 is 0 Å². The normalized spacial score (nSPS) is 24.5. The van der Waals surface area contributed by atoms with Crippen LogP contribution in [-0.2, 0) is 19.7 Å². The van der Waals surface area contributed by atoms with E-state index in [4.69, 9.17) is 9.47 Å². The molecule has 122 valence electrons. The Morgan fingerprint density at radius 1 is 1.17 bits per heavy atom. The van der Waals surface area contributed by atoms with Gasteiger partial charge < -0.3 is 9.47 Å². The first-order valence-electron chi connectivity index (χ1n) is 8.18. The molecule has 0 aromatic heterocycles. The highest BCUT2D eigenvalue weighted by Gasteiger charge is 2.39. The van der Waals surface area contributed by atoms with Crippen molar-refractivity contribution in [3.05, 3.63) is 60.2 Å². The molecule has 3 rings (SSSR count). The highest BCUT2D eigenvalue weighted by molar-refractivity contribution is 5.86. The lowest BCUT2D eigenvalue weighted by atomic mass is 9.75. The molecule has 0 unspecified atom stereocenters. The standard InChI is InChI=1S/C19H23NO3/c21-18(23-16-13-20-11-14-22-15-12-20)19(9-5-2-6-10-19)17-7-3-1-4-8-17/h1-9H,10-16H2/t19-/m0/s1. The van der Waals surface area contributed by atoms with Crippen molar-refractivity contribution in [1.29, 1.82) is 0 Å². The topological polar surface area (TPSA) is 38.8 Å². The van der Waals surface area contributed by atoms with Gasteiger partial charge in [-0.3, -0.25) is 9.69 Å². The van der Waals surface area contributed by atoms with E-state index in [1.807, 2.05) is 54.6 Å². The zero-order chi connectivity index (χ0) is 16.0. The summed E-state index contributed by atoms with van der Waals surface area (Å²) in [6, 6.07) is 9.87. The summed E-state index contributed by atoms with van der Waals surface area (Å²) in [5.74, 6) is -0.169. The maximum Gasteiger partial charge on any atom is 0.320 e. The molecule has 2 aliphatic rings. The Morgan fingerprint density at radius 3 is 2.65 bits per heavy atom. The Kier molecular flexibility index (Phi) is 5.26. The van der Waals surface area contributed by atoms with Crippen LogP contribution in [-0.4, -0.2) is 50.3 Å². The third-order valence-corrected chi connectivity index (χ3v) is 4.47. The van der Waals surface area contributed by atoms with Crippen LogP contribution in [0, 0.1) is 0 Å². The maximum absolute atomic E-state index is 12.8. The highest BCUT2D eigenvalue weighted by Crippen LogP contribution is 2.34. The molecule has 1 aliphatic carbocycles. The highest BCUT2D eigenvalue weighted by atomic mass is 16.5. The average molecular weight is 313 g/mol. The summed E-state index contributed by atoms with van der Waals surface area (Å²) in [5.41, 5.74) is 0.290. The van der Waals surface area contributed by atoms with Gasteiger partial charge in [-0.15, -0.1) is 0 Å². The predicted octanol–water partition coefficient (Wildman–Crippen LogP) is 2.32. The molecule has 0 radical (unpaired) electrons. The molecule has 1 aromatic carbocycles. The first-order valence-corrected chi connectivity index (χ1v) is 8.18. The van der Waals surface area contributed by atoms with Crippen LogP contribution in [0.25, 0.3) is 0 Å². The number of ether oxygens (including phenoxy) is 2. The second-order valence-corrected chi connectivity index (χ2v) is 5.92. The fourth-order valence-corrected chi connectivity index (χ4v) is 3.06. The van der Waals surface area contributed by atoms with Gasteiger partial charge in [0, 0.05) is 19.6 Å². The molecule has 0 bridgehead atoms. The largest absolute Gasteiger partial charge is 0.463 e. The number of allylic oxidation sites excluding steroid dienone is 3. The molecule has 1 atom stereocenters. The van der Waals surface area contributed by atoms with Gasteiger partial charge in [0.25, 0.3) is 0 Å². The van der Waals surface area contributed by atoms with Gasteiger partial charge in [0.05, 0.1) is 13.2 Å². The molecule has 4 heteroatoms. The predicted molar refractivity (Wildman–Crippen MR) is 89.2 cm³/mol. The van der Waals surface area contributed by atoms with E-state index in [1.54, 1.807) is 0 Å². The lowest BCUT2D eigenvalue weighted by molar-refractivity contribution is -0.149. The van der Waals surface area contributed by atoms with Gasteiger partial charge in [-0.25, -0.2) is 0 Å². The van der Waals surface area contributed by atoms with Gasteiger partial charge in [0.2, 0.25) is 0 Å². The molecule has 1 aliphatic heterocycles. The smallest absolute Gasteiger partial charge is 0.320 e. The molecule has 1 fully saturated rings. The van der Waals surface area contributed by atoms with Crippen molar-refractivity contribution in [3.8, 4) is 0 Å². The number of morpholine rings is 1. The summed E-state index contributed by atoms with van der Waals surface area (Å²) in [6.45, 7) is 4.52. The summed E-state index contributed by atoms with van der Waals surface area (Å²) in [6.07, 6.45) is 8.53. The van der Waals surface area contributed by atoms with E-state index in [0.29, 0.717) is 13.0 Å². The quantitative estimate of drug-likeness (QED) is 0.782. The fraction of sp³-hybridized carbons (Fsp3) is 0.421. The Morgan fingerprint density at radius 2 is 1.96 bits per heavy atom. The third kappa shape index (κ3) is 3.71. The average Bonchev–Trinajstić information content (AvgIpc) is 2.64. The van der Waals surface area contributed by atoms with E-state index in [1.165, 1.54) is 0 Å². The van der Waals surface area contributed by atoms with Crippen LogP contribution in [0.1, 0.15) is 12.0 Å². The number of hydrogen-bond donors (Lipinski definition) is 0. The first kappa shape index (κ1) is 16.0. The molecule has 1 heterocycles. The van der Waals surface area contributed by atoms with Crippen molar-refractivity contribution in [2.75, 3.05) is 39.5 Å². The van der Waals surface area contributed by atoms with Crippen molar-refractivity contribution in [1.82, 2.24) is 4.90 Å². The number of benzene rings is 1. The molecule has 0 saturated carbocycles. The maximum atomic E-state index is 12.8. The minimum absolute atomic E-state index is 0.169. The van der Waals surface area contributed by atoms with Crippen molar-refractivity contribution >= 4 is 5.97 Å². The molecular weight excluding hydrogens is 290 g/mol. The number of carbonyl (C=O) groups is 1. The summed E-state index contributed by atoms with van der Waals surface area (Å²) >= 11 is 0. The van der Waals surface area contributed by atoms with Crippen LogP contribution in [0.5, 0.6) is 0 Å². The zero-order valence-corrected chi connectivity index (χ0v) is 13.3. The van der Waals surface area contributed by atoms with Crippen molar-refractivity contribution in [2.24, 2.45) is 0 Å². The second kappa shape index (κ2) is 7.57. The van der Waals surface area contributed by atoms with Gasteiger partial charge >= 0.3 is 5.97 Å². The Hall–Kier alpha value is -1.91. The monoisotopic (exact) mass is 313 g/mol. The summed E-state index contributed by atoms with van der Waals surface area (Å²) in [4.78, 5) is 15.1. The lowest BCUT2D eigenvalue weighted by Gasteiger charge is -2.30. The minimum atomic E-state index is -0.693. The van der Waals surface area contributed by atoms with Gasteiger partial charge in [-0.1, -0.05) is 54.6 Å². The number of nitrogens with zero attached hydrogens (tertiary/aromatic N) is 1. The van der Waals surface area contributed by atoms with Crippen molar-refractivity contribution in [2.45, 2.75) is 11.8 Å². The molecule has 1 aromatic rings. The molecular formula is C19H23NO3. The molecule has 0 spiro atoms. The van der Waals surface area contributed by atoms with Gasteiger partial charge in [-0.2, -0.15) is 0 Å². The minimum Gasteiger partial charge on any atom is -0.463 e. The van der Waals surface area contributed by atoms with Crippen LogP contribution in [0.15, 0.2) is 54.6 Å². The van der Waals surface area contributed by atoms with E-state index in [2.05, 4.69) is 4.90 Å². The first-order chi connectivity index (χ1) is 11.3.